The second-order valence-electron chi connectivity index (χ2n) is 9.83. The normalized spacial score (nSPS) is 32.0. The number of fused-ring (bicyclic) bond motifs is 3. The second-order valence-corrected chi connectivity index (χ2v) is 9.83. The van der Waals surface area contributed by atoms with Crippen LogP contribution in [0.1, 0.15) is 54.5 Å². The fourth-order valence-electron chi connectivity index (χ4n) is 6.15. The van der Waals surface area contributed by atoms with Crippen molar-refractivity contribution in [2.24, 2.45) is 17.8 Å². The Labute approximate surface area is 168 Å². The van der Waals surface area contributed by atoms with Gasteiger partial charge in [-0.15, -0.1) is 0 Å². The summed E-state index contributed by atoms with van der Waals surface area (Å²) in [5.41, 5.74) is 7.97. The van der Waals surface area contributed by atoms with E-state index in [1.165, 1.54) is 25.7 Å². The molecule has 4 aliphatic rings. The topological polar surface area (TPSA) is 56.1 Å². The highest BCUT2D eigenvalue weighted by Crippen LogP contribution is 2.47. The lowest BCUT2D eigenvalue weighted by Gasteiger charge is -2.23. The molecule has 1 saturated carbocycles. The van der Waals surface area contributed by atoms with Crippen LogP contribution in [0.5, 0.6) is 0 Å². The molecule has 28 heavy (non-hydrogen) atoms. The summed E-state index contributed by atoms with van der Waals surface area (Å²) in [5.74, 6) is 2.22. The van der Waals surface area contributed by atoms with Crippen LogP contribution in [-0.4, -0.2) is 36.0 Å². The number of nitrogens with zero attached hydrogens (tertiary/aromatic N) is 2. The highest BCUT2D eigenvalue weighted by atomic mass is 16.2. The number of nitriles is 1. The Morgan fingerprint density at radius 2 is 1.82 bits per heavy atom. The van der Waals surface area contributed by atoms with E-state index in [2.05, 4.69) is 31.3 Å². The highest BCUT2D eigenvalue weighted by Gasteiger charge is 2.53. The molecule has 1 aliphatic heterocycles. The van der Waals surface area contributed by atoms with Crippen molar-refractivity contribution in [3.63, 3.8) is 0 Å². The summed E-state index contributed by atoms with van der Waals surface area (Å²) < 4.78 is 0. The molecule has 148 valence electrons. The van der Waals surface area contributed by atoms with E-state index >= 15 is 0 Å². The minimum absolute atomic E-state index is 0.113. The van der Waals surface area contributed by atoms with E-state index in [1.807, 2.05) is 4.90 Å². The van der Waals surface area contributed by atoms with E-state index in [-0.39, 0.29) is 11.9 Å². The molecule has 5 atom stereocenters. The molecular formula is C24H31N3O. The van der Waals surface area contributed by atoms with Crippen molar-refractivity contribution in [1.82, 2.24) is 10.2 Å². The highest BCUT2D eigenvalue weighted by molar-refractivity contribution is 5.80. The van der Waals surface area contributed by atoms with Crippen LogP contribution in [-0.2, 0) is 36.9 Å². The van der Waals surface area contributed by atoms with Gasteiger partial charge in [-0.05, 0) is 97.1 Å². The molecule has 0 aromatic heterocycles. The Morgan fingerprint density at radius 3 is 2.46 bits per heavy atom. The largest absolute Gasteiger partial charge is 0.322 e. The summed E-state index contributed by atoms with van der Waals surface area (Å²) in [7, 11) is 0. The second kappa shape index (κ2) is 6.88. The number of hydrogen-bond acceptors (Lipinski definition) is 3. The average Bonchev–Trinajstić information content (AvgIpc) is 2.98. The van der Waals surface area contributed by atoms with Crippen LogP contribution in [0.3, 0.4) is 0 Å². The zero-order valence-corrected chi connectivity index (χ0v) is 17.1. The molecular weight excluding hydrogens is 346 g/mol. The molecule has 4 heteroatoms. The lowest BCUT2D eigenvalue weighted by atomic mass is 9.92. The van der Waals surface area contributed by atoms with Gasteiger partial charge in [-0.1, -0.05) is 19.9 Å². The van der Waals surface area contributed by atoms with Crippen molar-refractivity contribution in [1.29, 1.82) is 5.26 Å². The molecule has 0 bridgehead atoms. The van der Waals surface area contributed by atoms with Crippen LogP contribution in [0, 0.1) is 29.1 Å². The quantitative estimate of drug-likeness (QED) is 0.803. The fourth-order valence-corrected chi connectivity index (χ4v) is 6.15. The predicted octanol–water partition coefficient (Wildman–Crippen LogP) is 2.80. The summed E-state index contributed by atoms with van der Waals surface area (Å²) in [4.78, 5) is 14.5. The first-order chi connectivity index (χ1) is 13.5. The van der Waals surface area contributed by atoms with Gasteiger partial charge in [0.15, 0.2) is 0 Å². The molecule has 1 aromatic rings. The van der Waals surface area contributed by atoms with E-state index in [0.717, 1.165) is 37.6 Å². The monoisotopic (exact) mass is 377 g/mol. The van der Waals surface area contributed by atoms with Gasteiger partial charge < -0.3 is 10.2 Å². The zero-order valence-electron chi connectivity index (χ0n) is 17.1. The average molecular weight is 378 g/mol. The van der Waals surface area contributed by atoms with Gasteiger partial charge in [0.2, 0.25) is 5.91 Å². The summed E-state index contributed by atoms with van der Waals surface area (Å²) >= 11 is 0. The van der Waals surface area contributed by atoms with Crippen molar-refractivity contribution in [3.05, 3.63) is 33.9 Å². The number of benzene rings is 1. The smallest absolute Gasteiger partial charge is 0.237 e. The molecule has 1 heterocycles. The number of carbonyl (C=O) groups is 1. The lowest BCUT2D eigenvalue weighted by molar-refractivity contribution is -0.131. The van der Waals surface area contributed by atoms with Crippen LogP contribution in [0.15, 0.2) is 6.07 Å². The molecule has 1 saturated heterocycles. The standard InChI is InChI=1S/C24H31N3O/c1-14-5-16-9-17-6-15(2)8-22(17)20(21(16)7-14)3-4-26-13-24(28)27-19(12-25)10-18-11-23(18)27/h9,14-15,18-19,23,26H,3-8,10-11,13H2,1-2H3/t14?,15?,18-,19?,23+/m1/s1. The van der Waals surface area contributed by atoms with Crippen molar-refractivity contribution < 1.29 is 4.79 Å². The molecule has 3 aliphatic carbocycles. The Bertz CT molecular complexity index is 818. The number of piperidine rings is 1. The number of nitrogens with one attached hydrogen (secondary N) is 1. The number of amides is 1. The van der Waals surface area contributed by atoms with Gasteiger partial charge in [0.05, 0.1) is 12.6 Å². The van der Waals surface area contributed by atoms with Crippen LogP contribution >= 0.6 is 0 Å². The van der Waals surface area contributed by atoms with Gasteiger partial charge in [0, 0.05) is 6.04 Å². The first kappa shape index (κ1) is 18.2. The number of rotatable bonds is 5. The van der Waals surface area contributed by atoms with Gasteiger partial charge in [-0.25, -0.2) is 0 Å². The maximum absolute atomic E-state index is 12.6. The maximum atomic E-state index is 12.6. The van der Waals surface area contributed by atoms with Gasteiger partial charge >= 0.3 is 0 Å². The first-order valence-corrected chi connectivity index (χ1v) is 11.1. The number of hydrogen-bond donors (Lipinski definition) is 1. The SMILES string of the molecule is CC1Cc2cc3c(c(CCNCC(=O)N4C(C#N)C[C@@H]5C[C@@H]54)c2C1)CC(C)C3. The first-order valence-electron chi connectivity index (χ1n) is 11.1. The van der Waals surface area contributed by atoms with Crippen molar-refractivity contribution in [2.45, 2.75) is 70.9 Å². The molecule has 0 spiro atoms. The minimum Gasteiger partial charge on any atom is -0.322 e. The predicted molar refractivity (Wildman–Crippen MR) is 109 cm³/mol. The van der Waals surface area contributed by atoms with Crippen LogP contribution in [0.2, 0.25) is 0 Å². The Balaban J connectivity index is 1.23. The van der Waals surface area contributed by atoms with Gasteiger partial charge in [-0.2, -0.15) is 5.26 Å². The van der Waals surface area contributed by atoms with Gasteiger partial charge in [-0.3, -0.25) is 4.79 Å². The zero-order chi connectivity index (χ0) is 19.4. The molecule has 4 nitrogen and oxygen atoms in total. The molecule has 5 rings (SSSR count). The molecule has 1 amide bonds. The third-order valence-electron chi connectivity index (χ3n) is 7.46. The van der Waals surface area contributed by atoms with E-state index in [4.69, 9.17) is 0 Å². The van der Waals surface area contributed by atoms with Crippen molar-refractivity contribution in [3.8, 4) is 6.07 Å². The summed E-state index contributed by atoms with van der Waals surface area (Å²) in [6.07, 6.45) is 7.88. The van der Waals surface area contributed by atoms with E-state index < -0.39 is 0 Å². The molecule has 0 radical (unpaired) electrons. The number of carbonyl (C=O) groups excluding carboxylic acids is 1. The maximum Gasteiger partial charge on any atom is 0.237 e. The van der Waals surface area contributed by atoms with E-state index in [0.29, 0.717) is 18.5 Å². The van der Waals surface area contributed by atoms with Crippen LogP contribution in [0.25, 0.3) is 0 Å². The Kier molecular flexibility index (Phi) is 4.47. The molecule has 1 N–H and O–H groups in total. The molecule has 1 aromatic carbocycles. The van der Waals surface area contributed by atoms with Crippen LogP contribution in [0.4, 0.5) is 0 Å². The number of likely N-dealkylation sites (tertiary alicyclic amines) is 1. The Morgan fingerprint density at radius 1 is 1.14 bits per heavy atom. The van der Waals surface area contributed by atoms with Gasteiger partial charge in [0.1, 0.15) is 6.04 Å². The third kappa shape index (κ3) is 3.05. The molecule has 3 unspecified atom stereocenters. The fraction of sp³-hybridized carbons (Fsp3) is 0.667. The summed E-state index contributed by atoms with van der Waals surface area (Å²) in [6, 6.07) is 4.97. The minimum atomic E-state index is -0.193. The molecule has 2 fully saturated rings. The lowest BCUT2D eigenvalue weighted by Crippen LogP contribution is -2.43. The Hall–Kier alpha value is -1.86. The summed E-state index contributed by atoms with van der Waals surface area (Å²) in [5, 5.41) is 12.7. The van der Waals surface area contributed by atoms with Crippen molar-refractivity contribution in [2.75, 3.05) is 13.1 Å². The van der Waals surface area contributed by atoms with Crippen LogP contribution < -0.4 is 5.32 Å². The summed E-state index contributed by atoms with van der Waals surface area (Å²) in [6.45, 7) is 5.93. The van der Waals surface area contributed by atoms with E-state index in [1.54, 1.807) is 27.8 Å². The third-order valence-corrected chi connectivity index (χ3v) is 7.46. The van der Waals surface area contributed by atoms with E-state index in [9.17, 15) is 10.1 Å². The van der Waals surface area contributed by atoms with Crippen molar-refractivity contribution >= 4 is 5.91 Å². The van der Waals surface area contributed by atoms with Gasteiger partial charge in [0.25, 0.3) is 0 Å².